The van der Waals surface area contributed by atoms with Crippen molar-refractivity contribution in [3.05, 3.63) is 42.2 Å². The average molecular weight is 335 g/mol. The van der Waals surface area contributed by atoms with Crippen molar-refractivity contribution < 1.29 is 17.7 Å². The highest BCUT2D eigenvalue weighted by atomic mass is 32.2. The van der Waals surface area contributed by atoms with Crippen molar-refractivity contribution in [3.63, 3.8) is 0 Å². The quantitative estimate of drug-likeness (QED) is 0.919. The Hall–Kier alpha value is -2.19. The summed E-state index contributed by atoms with van der Waals surface area (Å²) in [6.45, 7) is 2.04. The summed E-state index contributed by atoms with van der Waals surface area (Å²) < 4.78 is 31.6. The van der Waals surface area contributed by atoms with Gasteiger partial charge in [-0.05, 0) is 31.9 Å². The summed E-state index contributed by atoms with van der Waals surface area (Å²) in [6, 6.07) is 8.99. The number of anilines is 1. The summed E-state index contributed by atoms with van der Waals surface area (Å²) in [7, 11) is -3.69. The molecule has 1 fully saturated rings. The molecule has 1 aromatic carbocycles. The van der Waals surface area contributed by atoms with Crippen molar-refractivity contribution in [2.24, 2.45) is 0 Å². The molecule has 122 valence electrons. The predicted octanol–water partition coefficient (Wildman–Crippen LogP) is 1.77. The Morgan fingerprint density at radius 3 is 2.74 bits per heavy atom. The lowest BCUT2D eigenvalue weighted by Gasteiger charge is -2.22. The van der Waals surface area contributed by atoms with Crippen LogP contribution >= 0.6 is 0 Å². The maximum Gasteiger partial charge on any atom is 0.244 e. The Bertz CT molecular complexity index is 801. The second-order valence-corrected chi connectivity index (χ2v) is 7.29. The molecule has 1 saturated heterocycles. The summed E-state index contributed by atoms with van der Waals surface area (Å²) in [5, 5.41) is 6.31. The Balaban J connectivity index is 1.81. The van der Waals surface area contributed by atoms with E-state index < -0.39 is 22.0 Å². The van der Waals surface area contributed by atoms with Crippen LogP contribution in [-0.2, 0) is 14.8 Å². The largest absolute Gasteiger partial charge is 0.360 e. The number of aryl methyl sites for hydroxylation is 1. The van der Waals surface area contributed by atoms with E-state index in [2.05, 4.69) is 10.5 Å². The number of hydrogen-bond acceptors (Lipinski definition) is 5. The second-order valence-electron chi connectivity index (χ2n) is 5.40. The van der Waals surface area contributed by atoms with E-state index in [9.17, 15) is 13.2 Å². The van der Waals surface area contributed by atoms with Gasteiger partial charge in [-0.15, -0.1) is 0 Å². The highest BCUT2D eigenvalue weighted by Crippen LogP contribution is 2.26. The van der Waals surface area contributed by atoms with Crippen molar-refractivity contribution in [2.45, 2.75) is 30.7 Å². The van der Waals surface area contributed by atoms with Crippen molar-refractivity contribution in [1.82, 2.24) is 9.46 Å². The lowest BCUT2D eigenvalue weighted by molar-refractivity contribution is -0.119. The third-order valence-corrected chi connectivity index (χ3v) is 5.66. The van der Waals surface area contributed by atoms with Crippen LogP contribution in [0.5, 0.6) is 0 Å². The second kappa shape index (κ2) is 6.13. The number of sulfonamides is 1. The monoisotopic (exact) mass is 335 g/mol. The van der Waals surface area contributed by atoms with Gasteiger partial charge in [0.05, 0.1) is 4.90 Å². The van der Waals surface area contributed by atoms with Crippen molar-refractivity contribution in [1.29, 1.82) is 0 Å². The number of rotatable bonds is 4. The topological polar surface area (TPSA) is 92.5 Å². The number of carbonyl (C=O) groups is 1. The first-order valence-corrected chi connectivity index (χ1v) is 8.73. The maximum atomic E-state index is 12.7. The van der Waals surface area contributed by atoms with Gasteiger partial charge in [0.2, 0.25) is 15.9 Å². The van der Waals surface area contributed by atoms with Gasteiger partial charge in [0.1, 0.15) is 11.8 Å². The zero-order valence-electron chi connectivity index (χ0n) is 12.6. The summed E-state index contributed by atoms with van der Waals surface area (Å²) in [5.74, 6) is 0.465. The fraction of sp³-hybridized carbons (Fsp3) is 0.333. The molecule has 1 unspecified atom stereocenters. The molecule has 0 saturated carbocycles. The fourth-order valence-electron chi connectivity index (χ4n) is 2.65. The maximum absolute atomic E-state index is 12.7. The molecule has 2 heterocycles. The molecule has 1 amide bonds. The van der Waals surface area contributed by atoms with Crippen LogP contribution in [0.1, 0.15) is 18.6 Å². The molecule has 0 spiro atoms. The first kappa shape index (κ1) is 15.7. The Kier molecular flexibility index (Phi) is 4.18. The van der Waals surface area contributed by atoms with Gasteiger partial charge >= 0.3 is 0 Å². The van der Waals surface area contributed by atoms with Crippen LogP contribution in [0, 0.1) is 6.92 Å². The molecule has 0 radical (unpaired) electrons. The molecule has 23 heavy (non-hydrogen) atoms. The molecule has 3 rings (SSSR count). The Morgan fingerprint density at radius 1 is 1.35 bits per heavy atom. The van der Waals surface area contributed by atoms with E-state index in [4.69, 9.17) is 4.52 Å². The highest BCUT2D eigenvalue weighted by molar-refractivity contribution is 7.89. The third kappa shape index (κ3) is 3.13. The van der Waals surface area contributed by atoms with Crippen LogP contribution in [0.3, 0.4) is 0 Å². The summed E-state index contributed by atoms with van der Waals surface area (Å²) in [6.07, 6.45) is 1.12. The number of aromatic nitrogens is 1. The zero-order chi connectivity index (χ0) is 16.4. The van der Waals surface area contributed by atoms with Crippen LogP contribution in [0.25, 0.3) is 0 Å². The molecule has 1 atom stereocenters. The number of carbonyl (C=O) groups excluding carboxylic acids is 1. The van der Waals surface area contributed by atoms with Crippen molar-refractivity contribution >= 4 is 21.7 Å². The van der Waals surface area contributed by atoms with Gasteiger partial charge in [-0.2, -0.15) is 4.31 Å². The number of nitrogens with one attached hydrogen (secondary N) is 1. The molecule has 1 N–H and O–H groups in total. The van der Waals surface area contributed by atoms with Gasteiger partial charge in [0, 0.05) is 12.6 Å². The summed E-state index contributed by atoms with van der Waals surface area (Å²) in [4.78, 5) is 12.6. The lowest BCUT2D eigenvalue weighted by atomic mass is 10.2. The molecule has 1 aromatic heterocycles. The van der Waals surface area contributed by atoms with Gasteiger partial charge < -0.3 is 9.84 Å². The van der Waals surface area contributed by atoms with E-state index in [1.807, 2.05) is 0 Å². The Morgan fingerprint density at radius 2 is 2.09 bits per heavy atom. The van der Waals surface area contributed by atoms with Crippen molar-refractivity contribution in [2.75, 3.05) is 11.9 Å². The van der Waals surface area contributed by atoms with Gasteiger partial charge in [0.25, 0.3) is 0 Å². The van der Waals surface area contributed by atoms with E-state index in [0.29, 0.717) is 25.1 Å². The molecule has 1 aliphatic rings. The zero-order valence-corrected chi connectivity index (χ0v) is 13.4. The first-order chi connectivity index (χ1) is 11.0. The molecule has 1 aliphatic heterocycles. The van der Waals surface area contributed by atoms with Gasteiger partial charge in [0.15, 0.2) is 5.82 Å². The molecule has 8 heteroatoms. The van der Waals surface area contributed by atoms with Gasteiger partial charge in [-0.25, -0.2) is 8.42 Å². The van der Waals surface area contributed by atoms with Crippen molar-refractivity contribution in [3.8, 4) is 0 Å². The minimum Gasteiger partial charge on any atom is -0.360 e. The molecule has 2 aromatic rings. The molecular formula is C15H17N3O4S. The predicted molar refractivity (Wildman–Crippen MR) is 83.2 cm³/mol. The van der Waals surface area contributed by atoms with E-state index in [0.717, 1.165) is 0 Å². The third-order valence-electron chi connectivity index (χ3n) is 3.74. The van der Waals surface area contributed by atoms with Gasteiger partial charge in [-0.1, -0.05) is 23.4 Å². The number of hydrogen-bond donors (Lipinski definition) is 1. The molecule has 0 aliphatic carbocycles. The number of benzene rings is 1. The highest BCUT2D eigenvalue weighted by Gasteiger charge is 2.39. The smallest absolute Gasteiger partial charge is 0.244 e. The number of nitrogens with zero attached hydrogens (tertiary/aromatic N) is 2. The van der Waals surface area contributed by atoms with Crippen LogP contribution < -0.4 is 5.32 Å². The van der Waals surface area contributed by atoms with E-state index in [-0.39, 0.29) is 10.7 Å². The molecule has 0 bridgehead atoms. The fourth-order valence-corrected chi connectivity index (χ4v) is 4.33. The minimum absolute atomic E-state index is 0.192. The van der Waals surface area contributed by atoms with E-state index in [1.54, 1.807) is 31.2 Å². The average Bonchev–Trinajstić information content (AvgIpc) is 3.17. The molecule has 7 nitrogen and oxygen atoms in total. The number of amides is 1. The summed E-state index contributed by atoms with van der Waals surface area (Å²) in [5.41, 5.74) is 0. The van der Waals surface area contributed by atoms with Gasteiger partial charge in [-0.3, -0.25) is 4.79 Å². The summed E-state index contributed by atoms with van der Waals surface area (Å²) >= 11 is 0. The van der Waals surface area contributed by atoms with Crippen LogP contribution in [0.15, 0.2) is 45.8 Å². The first-order valence-electron chi connectivity index (χ1n) is 7.29. The van der Waals surface area contributed by atoms with E-state index in [1.165, 1.54) is 16.4 Å². The lowest BCUT2D eigenvalue weighted by Crippen LogP contribution is -2.43. The van der Waals surface area contributed by atoms with Crippen LogP contribution in [-0.4, -0.2) is 36.4 Å². The van der Waals surface area contributed by atoms with Crippen LogP contribution in [0.2, 0.25) is 0 Å². The van der Waals surface area contributed by atoms with Crippen LogP contribution in [0.4, 0.5) is 5.82 Å². The van der Waals surface area contributed by atoms with E-state index >= 15 is 0 Å². The molecular weight excluding hydrogens is 318 g/mol. The standard InChI is InChI=1S/C15H17N3O4S/c1-11-10-14(17-22-11)16-15(19)13-8-5-9-18(13)23(20,21)12-6-3-2-4-7-12/h2-4,6-7,10,13H,5,8-9H2,1H3,(H,16,17,19). The normalized spacial score (nSPS) is 18.9. The SMILES string of the molecule is Cc1cc(NC(=O)C2CCCN2S(=O)(=O)c2ccccc2)no1. The Labute approximate surface area is 134 Å². The minimum atomic E-state index is -3.69.